The van der Waals surface area contributed by atoms with Crippen LogP contribution in [-0.2, 0) is 60.7 Å². The molecule has 0 unspecified atom stereocenters. The molecule has 79 heavy (non-hydrogen) atoms. The van der Waals surface area contributed by atoms with Gasteiger partial charge in [0, 0.05) is 11.6 Å². The number of pyridine rings is 1. The Morgan fingerprint density at radius 2 is 0.671 bits per heavy atom. The van der Waals surface area contributed by atoms with Gasteiger partial charge >= 0.3 is 55.4 Å². The van der Waals surface area contributed by atoms with E-state index < -0.39 is 207 Å². The Hall–Kier alpha value is -7.46. The van der Waals surface area contributed by atoms with Crippen LogP contribution < -0.4 is 26.4 Å². The maximum absolute atomic E-state index is 14.2. The fourth-order valence-corrected chi connectivity index (χ4v) is 8.59. The van der Waals surface area contributed by atoms with E-state index >= 15 is 0 Å². The van der Waals surface area contributed by atoms with E-state index in [4.69, 9.17) is 9.84 Å². The van der Waals surface area contributed by atoms with Crippen LogP contribution in [0.3, 0.4) is 0 Å². The molecule has 1 heterocycles. The maximum atomic E-state index is 14.2. The second-order valence-electron chi connectivity index (χ2n) is 17.1. The van der Waals surface area contributed by atoms with Crippen molar-refractivity contribution in [2.24, 2.45) is 0 Å². The number of benzene rings is 6. The van der Waals surface area contributed by atoms with E-state index in [1.807, 2.05) is 71.4 Å². The summed E-state index contributed by atoms with van der Waals surface area (Å²) in [5.74, 6) is -0.532. The summed E-state index contributed by atoms with van der Waals surface area (Å²) >= 11 is 0. The number of hydrogen-bond acceptors (Lipinski definition) is 3. The second kappa shape index (κ2) is 21.3. The zero-order chi connectivity index (χ0) is 59.3. The number of carbonyl (C=O) groups is 1. The molecule has 4 nitrogen and oxygen atoms in total. The van der Waals surface area contributed by atoms with E-state index in [1.54, 1.807) is 0 Å². The number of ether oxygens (including phenoxy) is 1. The molecule has 6 aromatic carbocycles. The third-order valence-electron chi connectivity index (χ3n) is 12.0. The molecule has 0 aliphatic carbocycles. The van der Waals surface area contributed by atoms with Crippen molar-refractivity contribution < 1.29 is 125 Å². The van der Waals surface area contributed by atoms with E-state index in [1.165, 1.54) is 0 Å². The van der Waals surface area contributed by atoms with Crippen LogP contribution in [0, 0.1) is 0 Å². The lowest BCUT2D eigenvalue weighted by atomic mass is 9.12. The highest BCUT2D eigenvalue weighted by Gasteiger charge is 2.47. The lowest BCUT2D eigenvalue weighted by molar-refractivity contribution is -0.689. The van der Waals surface area contributed by atoms with Crippen molar-refractivity contribution in [3.8, 4) is 0 Å². The largest absolute Gasteiger partial charge is 0.431 e. The number of nitrogens with zero attached hydrogens (tertiary/aromatic N) is 1. The first-order chi connectivity index (χ1) is 36.1. The molecular formula is C50H28BF24NO3. The molecule has 0 bridgehead atoms. The first-order valence-corrected chi connectivity index (χ1v) is 21.6. The number of esters is 1. The number of alkyl halides is 24. The topological polar surface area (TPSA) is 50.4 Å². The number of aliphatic hydroxyl groups is 1. The number of carbonyl (C=O) groups excluding carboxylic acids is 1. The summed E-state index contributed by atoms with van der Waals surface area (Å²) in [6.07, 6.45) is -52.9. The lowest BCUT2D eigenvalue weighted by Crippen LogP contribution is -2.75. The maximum Gasteiger partial charge on any atom is 0.416 e. The molecule has 1 N–H and O–H groups in total. The molecule has 0 saturated carbocycles. The SMILES string of the molecule is FC(F)(F)c1cc([B-](c2cc(C(F)(F)F)cc(C(F)(F)F)c2)(c2cc(C(F)(F)F)cc(C(F)(F)F)c2)c2cc(C(F)(F)F)cc(C(F)(F)F)c2)cc(C(F)(F)F)c1.O=C(OCO)c1c2ccccc2cc[n+]1Cc1ccccc1. The fraction of sp³-hybridized carbons (Fsp3) is 0.200. The molecule has 0 aliphatic heterocycles. The van der Waals surface area contributed by atoms with Gasteiger partial charge in [-0.25, -0.2) is 4.79 Å². The minimum Gasteiger partial charge on any atom is -0.431 e. The first-order valence-electron chi connectivity index (χ1n) is 21.6. The van der Waals surface area contributed by atoms with Gasteiger partial charge in [-0.2, -0.15) is 132 Å². The summed E-state index contributed by atoms with van der Waals surface area (Å²) in [6, 6.07) is 10.7. The number of rotatable bonds is 8. The van der Waals surface area contributed by atoms with Gasteiger partial charge in [0.05, 0.1) is 49.9 Å². The minimum atomic E-state index is -6.13. The zero-order valence-electron chi connectivity index (χ0n) is 38.6. The Labute approximate surface area is 427 Å². The van der Waals surface area contributed by atoms with Crippen LogP contribution in [0.5, 0.6) is 0 Å². The van der Waals surface area contributed by atoms with Crippen LogP contribution in [0.4, 0.5) is 105 Å². The van der Waals surface area contributed by atoms with Crippen LogP contribution in [0.2, 0.25) is 0 Å². The average molecular weight is 1160 g/mol. The molecule has 7 aromatic rings. The first kappa shape index (κ1) is 60.8. The van der Waals surface area contributed by atoms with Crippen molar-refractivity contribution in [3.63, 3.8) is 0 Å². The molecule has 0 atom stereocenters. The summed E-state index contributed by atoms with van der Waals surface area (Å²) in [5.41, 5.74) is -28.7. The monoisotopic (exact) mass is 1160 g/mol. The second-order valence-corrected chi connectivity index (χ2v) is 17.1. The summed E-state index contributed by atoms with van der Waals surface area (Å²) in [4.78, 5) is 12.3. The van der Waals surface area contributed by atoms with Crippen molar-refractivity contribution in [1.29, 1.82) is 0 Å². The van der Waals surface area contributed by atoms with Crippen molar-refractivity contribution in [1.82, 2.24) is 0 Å². The van der Waals surface area contributed by atoms with Gasteiger partial charge in [0.25, 0.3) is 5.69 Å². The molecule has 29 heteroatoms. The Morgan fingerprint density at radius 1 is 0.392 bits per heavy atom. The number of halogens is 24. The molecule has 1 aromatic heterocycles. The van der Waals surface area contributed by atoms with Crippen LogP contribution in [-0.4, -0.2) is 24.0 Å². The van der Waals surface area contributed by atoms with Crippen LogP contribution in [0.15, 0.2) is 140 Å². The highest BCUT2D eigenvalue weighted by atomic mass is 19.4. The smallest absolute Gasteiger partial charge is 0.416 e. The molecule has 7 rings (SSSR count). The average Bonchev–Trinajstić information content (AvgIpc) is 3.46. The van der Waals surface area contributed by atoms with Crippen LogP contribution in [0.1, 0.15) is 60.6 Å². The third kappa shape index (κ3) is 13.7. The Kier molecular flexibility index (Phi) is 16.4. The van der Waals surface area contributed by atoms with Gasteiger partial charge in [-0.15, -0.1) is 0 Å². The van der Waals surface area contributed by atoms with Crippen molar-refractivity contribution in [2.75, 3.05) is 6.79 Å². The van der Waals surface area contributed by atoms with E-state index in [2.05, 4.69) is 0 Å². The summed E-state index contributed by atoms with van der Waals surface area (Å²) in [7, 11) is 0. The highest BCUT2D eigenvalue weighted by Crippen LogP contribution is 2.41. The predicted molar refractivity (Wildman–Crippen MR) is 232 cm³/mol. The molecule has 0 radical (unpaired) electrons. The van der Waals surface area contributed by atoms with Gasteiger partial charge in [-0.3, -0.25) is 0 Å². The Morgan fingerprint density at radius 3 is 0.949 bits per heavy atom. The highest BCUT2D eigenvalue weighted by molar-refractivity contribution is 7.20. The van der Waals surface area contributed by atoms with Gasteiger partial charge in [0.2, 0.25) is 0 Å². The van der Waals surface area contributed by atoms with Gasteiger partial charge < -0.3 is 9.84 Å². The Bertz CT molecular complexity index is 2920. The molecule has 0 saturated heterocycles. The van der Waals surface area contributed by atoms with Gasteiger partial charge in [-0.1, -0.05) is 97.1 Å². The number of fused-ring (bicyclic) bond motifs is 1. The van der Waals surface area contributed by atoms with E-state index in [0.29, 0.717) is 12.2 Å². The van der Waals surface area contributed by atoms with E-state index in [0.717, 1.165) is 16.3 Å². The normalized spacial score (nSPS) is 13.3. The van der Waals surface area contributed by atoms with Gasteiger partial charge in [-0.05, 0) is 35.7 Å². The standard InChI is InChI=1S/C32H12BF24.C18H16NO3/c34-25(35,36)13-1-14(26(37,38)39)6-21(5-13)33(22-7-15(27(40,41)42)2-16(8-22)28(43,44)45,23-9-17(29(46,47)48)3-18(10-23)30(49,50)51)24-11-19(31(52,53)54)4-20(12-24)32(55,56)57;20-13-22-18(21)17-16-9-5-4-8-15(16)10-11-19(17)12-14-6-2-1-3-7-14/h1-12H;1-11,20H,12-13H2/q-1;+1. The molecule has 0 aliphatic rings. The molecular weight excluding hydrogens is 1130 g/mol. The predicted octanol–water partition coefficient (Wildman–Crippen LogP) is 13.5. The number of aliphatic hydroxyl groups excluding tert-OH is 1. The third-order valence-corrected chi connectivity index (χ3v) is 12.0. The molecule has 0 amide bonds. The van der Waals surface area contributed by atoms with Crippen LogP contribution in [0.25, 0.3) is 10.8 Å². The summed E-state index contributed by atoms with van der Waals surface area (Å²) in [6.45, 7) is -0.0745. The van der Waals surface area contributed by atoms with E-state index in [9.17, 15) is 110 Å². The molecule has 0 fully saturated rings. The van der Waals surface area contributed by atoms with Gasteiger partial charge in [0.1, 0.15) is 6.15 Å². The van der Waals surface area contributed by atoms with E-state index in [-0.39, 0.29) is 0 Å². The quantitative estimate of drug-likeness (QED) is 0.0542. The Balaban J connectivity index is 0.000000378. The summed E-state index contributed by atoms with van der Waals surface area (Å²) < 4.78 is 347. The van der Waals surface area contributed by atoms with Crippen molar-refractivity contribution >= 4 is 44.7 Å². The minimum absolute atomic E-state index is 0.441. The van der Waals surface area contributed by atoms with Crippen molar-refractivity contribution in [3.05, 3.63) is 195 Å². The lowest BCUT2D eigenvalue weighted by Gasteiger charge is -2.46. The molecule has 0 spiro atoms. The zero-order valence-corrected chi connectivity index (χ0v) is 38.6. The van der Waals surface area contributed by atoms with Crippen molar-refractivity contribution in [2.45, 2.75) is 56.0 Å². The number of aromatic nitrogens is 1. The van der Waals surface area contributed by atoms with Crippen LogP contribution >= 0.6 is 0 Å². The van der Waals surface area contributed by atoms with Gasteiger partial charge in [0.15, 0.2) is 19.5 Å². The number of hydrogen-bond donors (Lipinski definition) is 1. The fourth-order valence-electron chi connectivity index (χ4n) is 8.59. The molecule has 422 valence electrons. The summed E-state index contributed by atoms with van der Waals surface area (Å²) in [5, 5.41) is 10.7.